The quantitative estimate of drug-likeness (QED) is 0.373. The maximum Gasteiger partial charge on any atom is 0.172 e. The lowest BCUT2D eigenvalue weighted by atomic mass is 10.0. The number of likely N-dealkylation sites (tertiary alicyclic amines) is 1. The summed E-state index contributed by atoms with van der Waals surface area (Å²) in [5.41, 5.74) is 7.38. The van der Waals surface area contributed by atoms with Gasteiger partial charge in [-0.1, -0.05) is 12.1 Å². The van der Waals surface area contributed by atoms with Gasteiger partial charge in [-0.25, -0.2) is 0 Å². The molecular formula is C14H23N5O. The van der Waals surface area contributed by atoms with E-state index in [1.54, 1.807) is 18.5 Å². The van der Waals surface area contributed by atoms with Crippen molar-refractivity contribution in [3.05, 3.63) is 24.0 Å². The van der Waals surface area contributed by atoms with Crippen LogP contribution in [0.15, 0.2) is 23.6 Å². The van der Waals surface area contributed by atoms with Gasteiger partial charge in [0.25, 0.3) is 0 Å². The van der Waals surface area contributed by atoms with Gasteiger partial charge in [0, 0.05) is 37.9 Å². The van der Waals surface area contributed by atoms with E-state index in [-0.39, 0.29) is 5.84 Å². The molecule has 20 heavy (non-hydrogen) atoms. The van der Waals surface area contributed by atoms with Gasteiger partial charge < -0.3 is 20.7 Å². The molecule has 1 aliphatic heterocycles. The lowest BCUT2D eigenvalue weighted by Crippen LogP contribution is -2.43. The number of rotatable bonds is 4. The Morgan fingerprint density at radius 3 is 2.85 bits per heavy atom. The van der Waals surface area contributed by atoms with E-state index >= 15 is 0 Å². The van der Waals surface area contributed by atoms with Gasteiger partial charge in [-0.15, -0.1) is 0 Å². The van der Waals surface area contributed by atoms with Crippen molar-refractivity contribution < 1.29 is 5.21 Å². The summed E-state index contributed by atoms with van der Waals surface area (Å²) in [6.07, 6.45) is 5.67. The molecule has 0 radical (unpaired) electrons. The highest BCUT2D eigenvalue weighted by Gasteiger charge is 2.23. The first-order valence-corrected chi connectivity index (χ1v) is 7.04. The molecule has 2 heterocycles. The minimum Gasteiger partial charge on any atom is -0.409 e. The van der Waals surface area contributed by atoms with Gasteiger partial charge in [0.05, 0.1) is 11.9 Å². The second-order valence-corrected chi connectivity index (χ2v) is 5.15. The van der Waals surface area contributed by atoms with Crippen LogP contribution in [-0.4, -0.2) is 53.7 Å². The van der Waals surface area contributed by atoms with Gasteiger partial charge in [-0.3, -0.25) is 4.98 Å². The Labute approximate surface area is 119 Å². The summed E-state index contributed by atoms with van der Waals surface area (Å²) in [4.78, 5) is 8.82. The third-order valence-electron chi connectivity index (χ3n) is 4.12. The molecule has 1 fully saturated rings. The highest BCUT2D eigenvalue weighted by Crippen LogP contribution is 2.24. The normalized spacial score (nSPS) is 18.2. The molecule has 0 unspecified atom stereocenters. The van der Waals surface area contributed by atoms with E-state index in [0.717, 1.165) is 43.7 Å². The minimum absolute atomic E-state index is 0.125. The zero-order chi connectivity index (χ0) is 14.5. The zero-order valence-electron chi connectivity index (χ0n) is 12.2. The molecule has 0 aliphatic carbocycles. The number of hydrogen-bond donors (Lipinski definition) is 2. The number of pyridine rings is 1. The third kappa shape index (κ3) is 3.01. The second kappa shape index (κ2) is 6.56. The van der Waals surface area contributed by atoms with Gasteiger partial charge in [0.1, 0.15) is 0 Å². The van der Waals surface area contributed by atoms with Crippen molar-refractivity contribution in [1.82, 2.24) is 9.88 Å². The van der Waals surface area contributed by atoms with Gasteiger partial charge >= 0.3 is 0 Å². The highest BCUT2D eigenvalue weighted by atomic mass is 16.4. The fourth-order valence-corrected chi connectivity index (χ4v) is 2.76. The number of nitrogens with zero attached hydrogens (tertiary/aromatic N) is 4. The van der Waals surface area contributed by atoms with Crippen LogP contribution in [0.3, 0.4) is 0 Å². The van der Waals surface area contributed by atoms with Crippen molar-refractivity contribution in [2.75, 3.05) is 31.6 Å². The predicted octanol–water partition coefficient (Wildman–Crippen LogP) is 1.10. The van der Waals surface area contributed by atoms with E-state index in [4.69, 9.17) is 10.9 Å². The Morgan fingerprint density at radius 2 is 2.25 bits per heavy atom. The van der Waals surface area contributed by atoms with Crippen LogP contribution in [0.4, 0.5) is 5.69 Å². The molecule has 3 N–H and O–H groups in total. The number of amidine groups is 1. The smallest absolute Gasteiger partial charge is 0.172 e. The average molecular weight is 277 g/mol. The van der Waals surface area contributed by atoms with Gasteiger partial charge in [-0.2, -0.15) is 0 Å². The van der Waals surface area contributed by atoms with Crippen molar-refractivity contribution in [1.29, 1.82) is 0 Å². The number of piperidine rings is 1. The van der Waals surface area contributed by atoms with E-state index in [9.17, 15) is 0 Å². The third-order valence-corrected chi connectivity index (χ3v) is 4.12. The van der Waals surface area contributed by atoms with E-state index in [1.165, 1.54) is 0 Å². The molecule has 110 valence electrons. The molecule has 0 aromatic carbocycles. The minimum atomic E-state index is 0.125. The Morgan fingerprint density at radius 1 is 1.55 bits per heavy atom. The van der Waals surface area contributed by atoms with Crippen molar-refractivity contribution in [2.45, 2.75) is 25.8 Å². The summed E-state index contributed by atoms with van der Waals surface area (Å²) < 4.78 is 0. The standard InChI is InChI=1S/C14H23N5O/c1-3-19-8-5-11(6-9-19)18(2)13-10-16-7-4-12(13)14(15)17-20/h4,7,10-11,20H,3,5-6,8-9H2,1-2H3,(H2,15,17). The summed E-state index contributed by atoms with van der Waals surface area (Å²) >= 11 is 0. The summed E-state index contributed by atoms with van der Waals surface area (Å²) in [6, 6.07) is 2.24. The molecule has 1 saturated heterocycles. The fraction of sp³-hybridized carbons (Fsp3) is 0.571. The molecule has 0 amide bonds. The molecule has 0 saturated carbocycles. The Balaban J connectivity index is 2.15. The Hall–Kier alpha value is -1.82. The van der Waals surface area contributed by atoms with E-state index < -0.39 is 0 Å². The molecule has 6 heteroatoms. The summed E-state index contributed by atoms with van der Waals surface area (Å²) in [6.45, 7) is 5.54. The molecule has 0 bridgehead atoms. The summed E-state index contributed by atoms with van der Waals surface area (Å²) in [5.74, 6) is 0.125. The van der Waals surface area contributed by atoms with E-state index in [0.29, 0.717) is 6.04 Å². The monoisotopic (exact) mass is 277 g/mol. The maximum absolute atomic E-state index is 8.89. The van der Waals surface area contributed by atoms with Crippen LogP contribution in [0.2, 0.25) is 0 Å². The first-order chi connectivity index (χ1) is 9.67. The number of oxime groups is 1. The number of nitrogens with two attached hydrogens (primary N) is 1. The van der Waals surface area contributed by atoms with Crippen LogP contribution >= 0.6 is 0 Å². The molecule has 0 spiro atoms. The van der Waals surface area contributed by atoms with Crippen LogP contribution in [-0.2, 0) is 0 Å². The predicted molar refractivity (Wildman–Crippen MR) is 80.3 cm³/mol. The summed E-state index contributed by atoms with van der Waals surface area (Å²) in [5, 5.41) is 12.0. The first-order valence-electron chi connectivity index (χ1n) is 7.04. The van der Waals surface area contributed by atoms with Crippen LogP contribution in [0.5, 0.6) is 0 Å². The Bertz CT molecular complexity index is 468. The largest absolute Gasteiger partial charge is 0.409 e. The molecular weight excluding hydrogens is 254 g/mol. The van der Waals surface area contributed by atoms with Crippen LogP contribution < -0.4 is 10.6 Å². The zero-order valence-corrected chi connectivity index (χ0v) is 12.2. The van der Waals surface area contributed by atoms with Crippen molar-refractivity contribution in [2.24, 2.45) is 10.9 Å². The topological polar surface area (TPSA) is 78.0 Å². The first kappa shape index (κ1) is 14.6. The number of aromatic nitrogens is 1. The Kier molecular flexibility index (Phi) is 4.79. The van der Waals surface area contributed by atoms with E-state index in [1.807, 2.05) is 0 Å². The van der Waals surface area contributed by atoms with Gasteiger partial charge in [-0.05, 0) is 25.5 Å². The molecule has 1 aromatic rings. The van der Waals surface area contributed by atoms with Gasteiger partial charge in [0.15, 0.2) is 5.84 Å². The molecule has 2 rings (SSSR count). The molecule has 6 nitrogen and oxygen atoms in total. The number of hydrogen-bond acceptors (Lipinski definition) is 5. The maximum atomic E-state index is 8.89. The molecule has 0 atom stereocenters. The van der Waals surface area contributed by atoms with Crippen LogP contribution in [0.25, 0.3) is 0 Å². The van der Waals surface area contributed by atoms with Crippen molar-refractivity contribution in [3.63, 3.8) is 0 Å². The SMILES string of the molecule is CCN1CCC(N(C)c2cnccc2/C(N)=N/O)CC1. The lowest BCUT2D eigenvalue weighted by Gasteiger charge is -2.37. The lowest BCUT2D eigenvalue weighted by molar-refractivity contribution is 0.221. The van der Waals surface area contributed by atoms with Gasteiger partial charge in [0.2, 0.25) is 0 Å². The summed E-state index contributed by atoms with van der Waals surface area (Å²) in [7, 11) is 2.05. The fourth-order valence-electron chi connectivity index (χ4n) is 2.76. The highest BCUT2D eigenvalue weighted by molar-refractivity contribution is 6.02. The second-order valence-electron chi connectivity index (χ2n) is 5.15. The van der Waals surface area contributed by atoms with Crippen LogP contribution in [0.1, 0.15) is 25.3 Å². The molecule has 1 aliphatic rings. The van der Waals surface area contributed by atoms with Crippen molar-refractivity contribution >= 4 is 11.5 Å². The van der Waals surface area contributed by atoms with Crippen LogP contribution in [0, 0.1) is 0 Å². The average Bonchev–Trinajstić information content (AvgIpc) is 2.53. The molecule has 1 aromatic heterocycles. The number of anilines is 1. The van der Waals surface area contributed by atoms with Crippen molar-refractivity contribution in [3.8, 4) is 0 Å². The van der Waals surface area contributed by atoms with E-state index in [2.05, 4.69) is 33.9 Å².